The number of hydrogen-bond acceptors (Lipinski definition) is 4. The van der Waals surface area contributed by atoms with Crippen molar-refractivity contribution < 1.29 is 13.7 Å². The van der Waals surface area contributed by atoms with Gasteiger partial charge in [-0.15, -0.1) is 0 Å². The van der Waals surface area contributed by atoms with Crippen LogP contribution in [0.1, 0.15) is 0 Å². The molecule has 0 fully saturated rings. The van der Waals surface area contributed by atoms with Gasteiger partial charge in [0.25, 0.3) is 5.69 Å². The highest BCUT2D eigenvalue weighted by Gasteiger charge is 2.16. The summed E-state index contributed by atoms with van der Waals surface area (Å²) in [6.45, 7) is 0. The van der Waals surface area contributed by atoms with Gasteiger partial charge in [-0.1, -0.05) is 24.3 Å². The molecule has 4 aromatic rings. The van der Waals surface area contributed by atoms with Gasteiger partial charge in [0.1, 0.15) is 11.6 Å². The summed E-state index contributed by atoms with van der Waals surface area (Å²) in [7, 11) is 0. The topological polar surface area (TPSA) is 68.9 Å². The first-order valence-corrected chi connectivity index (χ1v) is 7.99. The molecule has 0 saturated heterocycles. The van der Waals surface area contributed by atoms with E-state index in [1.165, 1.54) is 48.5 Å². The van der Waals surface area contributed by atoms with E-state index in [0.29, 0.717) is 33.5 Å². The minimum Gasteiger partial charge on any atom is -0.258 e. The molecular formula is C20H11F2N3O2. The van der Waals surface area contributed by atoms with Crippen LogP contribution in [0.5, 0.6) is 0 Å². The van der Waals surface area contributed by atoms with E-state index >= 15 is 0 Å². The van der Waals surface area contributed by atoms with E-state index < -0.39 is 16.6 Å². The minimum atomic E-state index is -0.524. The molecule has 0 saturated carbocycles. The molecule has 0 radical (unpaired) electrons. The van der Waals surface area contributed by atoms with Crippen LogP contribution in [0.4, 0.5) is 14.5 Å². The van der Waals surface area contributed by atoms with Crippen molar-refractivity contribution in [2.75, 3.05) is 0 Å². The lowest BCUT2D eigenvalue weighted by Gasteiger charge is -2.11. The average molecular weight is 363 g/mol. The van der Waals surface area contributed by atoms with Crippen LogP contribution in [0, 0.1) is 21.7 Å². The maximum Gasteiger partial charge on any atom is 0.271 e. The summed E-state index contributed by atoms with van der Waals surface area (Å²) in [5.74, 6) is -0.901. The van der Waals surface area contributed by atoms with Crippen LogP contribution in [0.2, 0.25) is 0 Å². The molecule has 27 heavy (non-hydrogen) atoms. The lowest BCUT2D eigenvalue weighted by molar-refractivity contribution is -0.384. The zero-order valence-electron chi connectivity index (χ0n) is 13.8. The Morgan fingerprint density at radius 1 is 0.741 bits per heavy atom. The highest BCUT2D eigenvalue weighted by atomic mass is 19.1. The zero-order valence-corrected chi connectivity index (χ0v) is 13.8. The molecule has 0 N–H and O–H groups in total. The second-order valence-electron chi connectivity index (χ2n) is 5.87. The summed E-state index contributed by atoms with van der Waals surface area (Å²) in [4.78, 5) is 19.5. The number of aromatic nitrogens is 2. The molecule has 0 spiro atoms. The highest BCUT2D eigenvalue weighted by molar-refractivity contribution is 5.87. The number of fused-ring (bicyclic) bond motifs is 1. The number of halogens is 2. The normalized spacial score (nSPS) is 10.9. The fourth-order valence-electron chi connectivity index (χ4n) is 2.83. The highest BCUT2D eigenvalue weighted by Crippen LogP contribution is 2.32. The predicted octanol–water partition coefficient (Wildman–Crippen LogP) is 5.15. The number of nitro groups is 1. The molecule has 4 rings (SSSR count). The SMILES string of the molecule is O=[N+]([O-])c1ccc2nc(-c3cccc(F)c3)c(-c3cccc(F)c3)nc2c1. The van der Waals surface area contributed by atoms with E-state index in [2.05, 4.69) is 9.97 Å². The van der Waals surface area contributed by atoms with Crippen molar-refractivity contribution in [3.8, 4) is 22.5 Å². The predicted molar refractivity (Wildman–Crippen MR) is 97.0 cm³/mol. The zero-order chi connectivity index (χ0) is 19.0. The summed E-state index contributed by atoms with van der Waals surface area (Å²) >= 11 is 0. The molecule has 1 heterocycles. The fraction of sp³-hybridized carbons (Fsp3) is 0. The molecular weight excluding hydrogens is 352 g/mol. The summed E-state index contributed by atoms with van der Waals surface area (Å²) in [6.07, 6.45) is 0. The molecule has 132 valence electrons. The van der Waals surface area contributed by atoms with E-state index in [-0.39, 0.29) is 5.69 Å². The third kappa shape index (κ3) is 3.22. The van der Waals surface area contributed by atoms with Gasteiger partial charge in [0, 0.05) is 23.3 Å². The van der Waals surface area contributed by atoms with Crippen molar-refractivity contribution in [3.63, 3.8) is 0 Å². The van der Waals surface area contributed by atoms with Crippen molar-refractivity contribution >= 4 is 16.7 Å². The van der Waals surface area contributed by atoms with Crippen molar-refractivity contribution in [2.24, 2.45) is 0 Å². The van der Waals surface area contributed by atoms with E-state index in [1.807, 2.05) is 0 Å². The Labute approximate surface area is 152 Å². The van der Waals surface area contributed by atoms with Gasteiger partial charge < -0.3 is 0 Å². The molecule has 0 bridgehead atoms. The third-order valence-corrected chi connectivity index (χ3v) is 4.05. The lowest BCUT2D eigenvalue weighted by Crippen LogP contribution is -1.97. The number of nitro benzene ring substituents is 1. The first kappa shape index (κ1) is 16.7. The first-order chi connectivity index (χ1) is 13.0. The number of non-ortho nitro benzene ring substituents is 1. The standard InChI is InChI=1S/C20H11F2N3O2/c21-14-5-1-3-12(9-14)19-20(13-4-2-6-15(22)10-13)24-18-11-16(25(26)27)7-8-17(18)23-19/h1-11H. The number of hydrogen-bond donors (Lipinski definition) is 0. The quantitative estimate of drug-likeness (QED) is 0.373. The van der Waals surface area contributed by atoms with Crippen LogP contribution in [-0.2, 0) is 0 Å². The van der Waals surface area contributed by atoms with Crippen LogP contribution in [-0.4, -0.2) is 14.9 Å². The Morgan fingerprint density at radius 3 is 1.81 bits per heavy atom. The molecule has 5 nitrogen and oxygen atoms in total. The Kier molecular flexibility index (Phi) is 4.04. The van der Waals surface area contributed by atoms with Crippen LogP contribution in [0.15, 0.2) is 66.7 Å². The minimum absolute atomic E-state index is 0.125. The van der Waals surface area contributed by atoms with Gasteiger partial charge in [-0.2, -0.15) is 0 Å². The Balaban J connectivity index is 2.03. The largest absolute Gasteiger partial charge is 0.271 e. The van der Waals surface area contributed by atoms with E-state index in [0.717, 1.165) is 0 Å². The van der Waals surface area contributed by atoms with E-state index in [9.17, 15) is 18.9 Å². The molecule has 1 aromatic heterocycles. The van der Waals surface area contributed by atoms with Crippen molar-refractivity contribution in [1.29, 1.82) is 0 Å². The fourth-order valence-corrected chi connectivity index (χ4v) is 2.83. The van der Waals surface area contributed by atoms with Gasteiger partial charge in [-0.25, -0.2) is 18.7 Å². The van der Waals surface area contributed by atoms with E-state index in [4.69, 9.17) is 0 Å². The first-order valence-electron chi connectivity index (χ1n) is 7.99. The number of rotatable bonds is 3. The smallest absolute Gasteiger partial charge is 0.258 e. The Morgan fingerprint density at radius 2 is 1.30 bits per heavy atom. The van der Waals surface area contributed by atoms with Crippen LogP contribution in [0.3, 0.4) is 0 Å². The lowest BCUT2D eigenvalue weighted by atomic mass is 10.0. The van der Waals surface area contributed by atoms with Gasteiger partial charge in [-0.05, 0) is 30.3 Å². The molecule has 0 aliphatic rings. The Hall–Kier alpha value is -3.74. The van der Waals surface area contributed by atoms with Gasteiger partial charge in [0.05, 0.1) is 27.3 Å². The van der Waals surface area contributed by atoms with Crippen molar-refractivity contribution in [2.45, 2.75) is 0 Å². The molecule has 0 aliphatic heterocycles. The van der Waals surface area contributed by atoms with Crippen LogP contribution in [0.25, 0.3) is 33.5 Å². The van der Waals surface area contributed by atoms with Crippen LogP contribution < -0.4 is 0 Å². The van der Waals surface area contributed by atoms with Gasteiger partial charge >= 0.3 is 0 Å². The van der Waals surface area contributed by atoms with E-state index in [1.54, 1.807) is 18.2 Å². The molecule has 0 atom stereocenters. The second-order valence-corrected chi connectivity index (χ2v) is 5.87. The average Bonchev–Trinajstić information content (AvgIpc) is 2.66. The molecule has 7 heteroatoms. The summed E-state index contributed by atoms with van der Waals surface area (Å²) < 4.78 is 27.5. The summed E-state index contributed by atoms with van der Waals surface area (Å²) in [5, 5.41) is 11.0. The summed E-state index contributed by atoms with van der Waals surface area (Å²) in [5.41, 5.74) is 2.18. The second kappa shape index (κ2) is 6.53. The molecule has 0 amide bonds. The number of nitrogens with zero attached hydrogens (tertiary/aromatic N) is 3. The molecule has 0 aliphatic carbocycles. The molecule has 3 aromatic carbocycles. The number of benzene rings is 3. The van der Waals surface area contributed by atoms with Gasteiger partial charge in [0.2, 0.25) is 0 Å². The Bertz CT molecular complexity index is 1190. The van der Waals surface area contributed by atoms with Crippen molar-refractivity contribution in [1.82, 2.24) is 9.97 Å². The third-order valence-electron chi connectivity index (χ3n) is 4.05. The molecule has 0 unspecified atom stereocenters. The monoisotopic (exact) mass is 363 g/mol. The van der Waals surface area contributed by atoms with Crippen LogP contribution >= 0.6 is 0 Å². The maximum atomic E-state index is 13.7. The van der Waals surface area contributed by atoms with Gasteiger partial charge in [0.15, 0.2) is 0 Å². The van der Waals surface area contributed by atoms with Gasteiger partial charge in [-0.3, -0.25) is 10.1 Å². The maximum absolute atomic E-state index is 13.7. The summed E-state index contributed by atoms with van der Waals surface area (Å²) in [6, 6.07) is 15.7. The van der Waals surface area contributed by atoms with Crippen molar-refractivity contribution in [3.05, 3.63) is 88.5 Å².